The molecule has 2 aromatic heterocycles. The number of hydrogen-bond acceptors (Lipinski definition) is 7. The van der Waals surface area contributed by atoms with Gasteiger partial charge in [0.1, 0.15) is 11.3 Å². The Hall–Kier alpha value is -2.69. The molecular formula is C23H26Cl2FN7O2. The number of aromatic nitrogens is 4. The molecule has 1 aliphatic carbocycles. The van der Waals surface area contributed by atoms with Crippen LogP contribution >= 0.6 is 23.2 Å². The molecule has 0 radical (unpaired) electrons. The molecule has 5 rings (SSSR count). The highest BCUT2D eigenvalue weighted by Gasteiger charge is 2.29. The second-order valence-electron chi connectivity index (χ2n) is 9.04. The molecule has 1 saturated carbocycles. The quantitative estimate of drug-likeness (QED) is 0.425. The Balaban J connectivity index is 1.52. The molecule has 186 valence electrons. The predicted octanol–water partition coefficient (Wildman–Crippen LogP) is 4.82. The number of amides is 1. The normalized spacial score (nSPS) is 22.8. The highest BCUT2D eigenvalue weighted by atomic mass is 35.5. The maximum absolute atomic E-state index is 13.7. The van der Waals surface area contributed by atoms with Gasteiger partial charge in [0.15, 0.2) is 5.65 Å². The van der Waals surface area contributed by atoms with Gasteiger partial charge in [-0.15, -0.1) is 0 Å². The number of ether oxygens (including phenoxy) is 1. The molecule has 1 atom stereocenters. The first-order valence-electron chi connectivity index (χ1n) is 11.7. The molecule has 9 nitrogen and oxygen atoms in total. The van der Waals surface area contributed by atoms with Crippen LogP contribution in [0.25, 0.3) is 11.2 Å². The number of fused-ring (bicyclic) bond motifs is 1. The van der Waals surface area contributed by atoms with E-state index in [-0.39, 0.29) is 34.0 Å². The van der Waals surface area contributed by atoms with E-state index >= 15 is 0 Å². The molecule has 2 aliphatic rings. The lowest BCUT2D eigenvalue weighted by Gasteiger charge is -2.29. The number of nitrogens with one attached hydrogen (secondary N) is 2. The summed E-state index contributed by atoms with van der Waals surface area (Å²) in [5.41, 5.74) is 7.11. The summed E-state index contributed by atoms with van der Waals surface area (Å²) in [5, 5.41) is 6.81. The zero-order chi connectivity index (χ0) is 24.5. The first-order valence-corrected chi connectivity index (χ1v) is 12.4. The molecule has 0 unspecified atom stereocenters. The Bertz CT molecular complexity index is 1220. The third-order valence-corrected chi connectivity index (χ3v) is 7.23. The lowest BCUT2D eigenvalue weighted by atomic mass is 9.85. The first kappa shape index (κ1) is 24.0. The minimum absolute atomic E-state index is 0.0110. The summed E-state index contributed by atoms with van der Waals surface area (Å²) in [6.07, 6.45) is 6.42. The average Bonchev–Trinajstić information content (AvgIpc) is 3.19. The highest BCUT2D eigenvalue weighted by Crippen LogP contribution is 2.39. The van der Waals surface area contributed by atoms with Gasteiger partial charge in [0.25, 0.3) is 0 Å². The van der Waals surface area contributed by atoms with Crippen LogP contribution in [0.1, 0.15) is 44.6 Å². The van der Waals surface area contributed by atoms with E-state index < -0.39 is 5.82 Å². The lowest BCUT2D eigenvalue weighted by molar-refractivity contribution is -0.122. The van der Waals surface area contributed by atoms with Crippen LogP contribution in [0.4, 0.5) is 22.0 Å². The van der Waals surface area contributed by atoms with Gasteiger partial charge < -0.3 is 21.1 Å². The van der Waals surface area contributed by atoms with Gasteiger partial charge in [0, 0.05) is 18.6 Å². The predicted molar refractivity (Wildman–Crippen MR) is 133 cm³/mol. The van der Waals surface area contributed by atoms with E-state index in [4.69, 9.17) is 43.6 Å². The van der Waals surface area contributed by atoms with Crippen molar-refractivity contribution in [2.45, 2.75) is 50.6 Å². The molecule has 4 N–H and O–H groups in total. The third kappa shape index (κ3) is 5.14. The van der Waals surface area contributed by atoms with Crippen LogP contribution in [0.5, 0.6) is 0 Å². The number of rotatable bonds is 6. The summed E-state index contributed by atoms with van der Waals surface area (Å²) in [4.78, 5) is 25.6. The van der Waals surface area contributed by atoms with E-state index in [0.717, 1.165) is 32.3 Å². The molecular weight excluding hydrogens is 496 g/mol. The first-order chi connectivity index (χ1) is 16.9. The maximum atomic E-state index is 13.7. The number of nitrogens with zero attached hydrogens (tertiary/aromatic N) is 4. The smallest absolute Gasteiger partial charge is 0.225 e. The van der Waals surface area contributed by atoms with E-state index in [9.17, 15) is 9.18 Å². The molecule has 1 amide bonds. The maximum Gasteiger partial charge on any atom is 0.225 e. The number of anilines is 3. The Morgan fingerprint density at radius 3 is 2.54 bits per heavy atom. The van der Waals surface area contributed by atoms with E-state index in [1.54, 1.807) is 6.20 Å². The summed E-state index contributed by atoms with van der Waals surface area (Å²) in [6, 6.07) is 2.53. The van der Waals surface area contributed by atoms with Crippen LogP contribution in [0.2, 0.25) is 10.0 Å². The van der Waals surface area contributed by atoms with Crippen molar-refractivity contribution < 1.29 is 13.9 Å². The van der Waals surface area contributed by atoms with Crippen LogP contribution in [0, 0.1) is 11.7 Å². The molecule has 3 heterocycles. The summed E-state index contributed by atoms with van der Waals surface area (Å²) in [5.74, 6) is 0.00844. The molecule has 3 aromatic rings. The summed E-state index contributed by atoms with van der Waals surface area (Å²) < 4.78 is 21.3. The van der Waals surface area contributed by atoms with Crippen LogP contribution < -0.4 is 16.4 Å². The van der Waals surface area contributed by atoms with Crippen LogP contribution in [-0.2, 0) is 9.53 Å². The van der Waals surface area contributed by atoms with E-state index in [2.05, 4.69) is 15.6 Å². The zero-order valence-corrected chi connectivity index (χ0v) is 20.4. The monoisotopic (exact) mass is 521 g/mol. The van der Waals surface area contributed by atoms with Gasteiger partial charge >= 0.3 is 0 Å². The van der Waals surface area contributed by atoms with Crippen molar-refractivity contribution in [3.8, 4) is 0 Å². The fourth-order valence-electron chi connectivity index (χ4n) is 4.82. The Kier molecular flexibility index (Phi) is 6.95. The van der Waals surface area contributed by atoms with Crippen molar-refractivity contribution in [2.24, 2.45) is 11.7 Å². The van der Waals surface area contributed by atoms with Crippen molar-refractivity contribution in [1.29, 1.82) is 0 Å². The highest BCUT2D eigenvalue weighted by molar-refractivity contribution is 6.39. The largest absolute Gasteiger partial charge is 0.379 e. The van der Waals surface area contributed by atoms with E-state index in [0.29, 0.717) is 48.2 Å². The molecule has 12 heteroatoms. The summed E-state index contributed by atoms with van der Waals surface area (Å²) in [7, 11) is 0. The van der Waals surface area contributed by atoms with Gasteiger partial charge in [0.2, 0.25) is 17.8 Å². The van der Waals surface area contributed by atoms with E-state index in [1.165, 1.54) is 12.1 Å². The number of carbonyl (C=O) groups is 1. The summed E-state index contributed by atoms with van der Waals surface area (Å²) >= 11 is 12.6. The number of benzene rings is 1. The lowest BCUT2D eigenvalue weighted by Crippen LogP contribution is -2.31. The van der Waals surface area contributed by atoms with Crippen LogP contribution in [0.3, 0.4) is 0 Å². The topological polar surface area (TPSA) is 120 Å². The zero-order valence-electron chi connectivity index (χ0n) is 18.9. The van der Waals surface area contributed by atoms with Crippen molar-refractivity contribution in [1.82, 2.24) is 19.5 Å². The van der Waals surface area contributed by atoms with Gasteiger partial charge in [0.05, 0.1) is 34.6 Å². The van der Waals surface area contributed by atoms with Crippen molar-refractivity contribution in [2.75, 3.05) is 23.8 Å². The Labute approximate surface area is 211 Å². The second kappa shape index (κ2) is 10.1. The van der Waals surface area contributed by atoms with Crippen molar-refractivity contribution in [3.63, 3.8) is 0 Å². The number of carbonyl (C=O) groups excluding carboxylic acids is 1. The number of hydrogen-bond donors (Lipinski definition) is 3. The fourth-order valence-corrected chi connectivity index (χ4v) is 5.38. The molecule has 1 aromatic carbocycles. The number of halogens is 3. The van der Waals surface area contributed by atoms with Crippen molar-refractivity contribution in [3.05, 3.63) is 34.2 Å². The molecule has 1 aliphatic heterocycles. The van der Waals surface area contributed by atoms with Gasteiger partial charge in [-0.1, -0.05) is 23.2 Å². The Morgan fingerprint density at radius 2 is 1.89 bits per heavy atom. The van der Waals surface area contributed by atoms with Gasteiger partial charge in [-0.25, -0.2) is 14.4 Å². The average molecular weight is 522 g/mol. The summed E-state index contributed by atoms with van der Waals surface area (Å²) in [6.45, 7) is 1.37. The minimum Gasteiger partial charge on any atom is -0.379 e. The van der Waals surface area contributed by atoms with Crippen molar-refractivity contribution >= 4 is 57.9 Å². The van der Waals surface area contributed by atoms with Gasteiger partial charge in [-0.05, 0) is 50.7 Å². The number of primary amides is 1. The molecule has 2 fully saturated rings. The molecule has 0 bridgehead atoms. The van der Waals surface area contributed by atoms with E-state index in [1.807, 2.05) is 4.57 Å². The standard InChI is InChI=1S/C23H26Cl2FN7O2/c24-16-8-13(26)9-17(25)19(16)31-23-30-18-10-28-22(29-14-2-1-7-35-11-14)32-21(18)33(23)15-5-3-12(4-6-15)20(27)34/h8-10,12,14-15H,1-7,11H2,(H2,27,34)(H,30,31)(H,28,29,32)/t12?,14-,15?/m1/s1. The van der Waals surface area contributed by atoms with Crippen LogP contribution in [0.15, 0.2) is 18.3 Å². The van der Waals surface area contributed by atoms with Gasteiger partial charge in [-0.2, -0.15) is 4.98 Å². The van der Waals surface area contributed by atoms with Crippen LogP contribution in [-0.4, -0.2) is 44.7 Å². The fraction of sp³-hybridized carbons (Fsp3) is 0.478. The van der Waals surface area contributed by atoms with Gasteiger partial charge in [-0.3, -0.25) is 9.36 Å². The molecule has 35 heavy (non-hydrogen) atoms. The second-order valence-corrected chi connectivity index (χ2v) is 9.86. The third-order valence-electron chi connectivity index (χ3n) is 6.63. The molecule has 0 spiro atoms. The Morgan fingerprint density at radius 1 is 1.14 bits per heavy atom. The minimum atomic E-state index is -0.530. The number of imidazole rings is 1. The molecule has 1 saturated heterocycles. The SMILES string of the molecule is NC(=O)C1CCC(n2c(Nc3c(Cl)cc(F)cc3Cl)nc3cnc(N[C@@H]4CCCOC4)nc32)CC1. The number of nitrogens with two attached hydrogens (primary N) is 1.